The number of hydrogen-bond acceptors (Lipinski definition) is 0. The maximum atomic E-state index is 2.40. The van der Waals surface area contributed by atoms with Crippen LogP contribution in [0.15, 0.2) is 30.3 Å². The standard InChI is InChI=1S/C14H22Si/c1-12(13-7-3-2-4-8-13)11-15-14-9-5-6-10-14/h2-4,7-8,12,14H,5-6,9-11,15H2,1H3. The van der Waals surface area contributed by atoms with Crippen molar-refractivity contribution < 1.29 is 0 Å². The van der Waals surface area contributed by atoms with Crippen LogP contribution in [-0.4, -0.2) is 9.52 Å². The van der Waals surface area contributed by atoms with Gasteiger partial charge in [0, 0.05) is 9.52 Å². The van der Waals surface area contributed by atoms with E-state index in [4.69, 9.17) is 0 Å². The second-order valence-corrected chi connectivity index (χ2v) is 7.35. The molecule has 0 aliphatic heterocycles. The van der Waals surface area contributed by atoms with Crippen molar-refractivity contribution >= 4 is 9.52 Å². The molecule has 1 aromatic rings. The van der Waals surface area contributed by atoms with E-state index in [1.165, 1.54) is 24.4 Å². The molecule has 82 valence electrons. The summed E-state index contributed by atoms with van der Waals surface area (Å²) in [6.07, 6.45) is 6.12. The minimum absolute atomic E-state index is 0.196. The van der Waals surface area contributed by atoms with Crippen molar-refractivity contribution in [2.75, 3.05) is 0 Å². The highest BCUT2D eigenvalue weighted by atomic mass is 28.2. The predicted octanol–water partition coefficient (Wildman–Crippen LogP) is 3.74. The molecule has 0 aromatic heterocycles. The lowest BCUT2D eigenvalue weighted by atomic mass is 10.0. The molecule has 1 aliphatic rings. The molecule has 0 N–H and O–H groups in total. The summed E-state index contributed by atoms with van der Waals surface area (Å²) in [6.45, 7) is 2.40. The SMILES string of the molecule is CC(C[SiH2]C1CCCC1)c1ccccc1. The molecule has 1 aliphatic carbocycles. The van der Waals surface area contributed by atoms with Crippen LogP contribution in [0.5, 0.6) is 0 Å². The van der Waals surface area contributed by atoms with E-state index in [9.17, 15) is 0 Å². The molecule has 0 heterocycles. The Morgan fingerprint density at radius 1 is 1.20 bits per heavy atom. The van der Waals surface area contributed by atoms with Gasteiger partial charge >= 0.3 is 0 Å². The van der Waals surface area contributed by atoms with Gasteiger partial charge < -0.3 is 0 Å². The maximum Gasteiger partial charge on any atom is 0.0237 e. The van der Waals surface area contributed by atoms with Crippen LogP contribution < -0.4 is 0 Å². The second kappa shape index (κ2) is 5.50. The molecular formula is C14H22Si. The van der Waals surface area contributed by atoms with Gasteiger partial charge in [0.1, 0.15) is 0 Å². The van der Waals surface area contributed by atoms with E-state index in [-0.39, 0.29) is 9.52 Å². The Labute approximate surface area is 95.9 Å². The minimum atomic E-state index is 0.196. The van der Waals surface area contributed by atoms with Crippen LogP contribution >= 0.6 is 0 Å². The summed E-state index contributed by atoms with van der Waals surface area (Å²) < 4.78 is 0. The summed E-state index contributed by atoms with van der Waals surface area (Å²) in [7, 11) is 0.196. The largest absolute Gasteiger partial charge is 0.0622 e. The van der Waals surface area contributed by atoms with E-state index in [1.807, 2.05) is 0 Å². The van der Waals surface area contributed by atoms with Crippen molar-refractivity contribution in [2.24, 2.45) is 0 Å². The van der Waals surface area contributed by atoms with Gasteiger partial charge in [-0.2, -0.15) is 0 Å². The predicted molar refractivity (Wildman–Crippen MR) is 70.4 cm³/mol. The van der Waals surface area contributed by atoms with Gasteiger partial charge in [-0.3, -0.25) is 0 Å². The molecule has 0 amide bonds. The van der Waals surface area contributed by atoms with E-state index in [0.717, 1.165) is 5.92 Å². The second-order valence-electron chi connectivity index (χ2n) is 5.04. The van der Waals surface area contributed by atoms with Crippen molar-refractivity contribution in [1.82, 2.24) is 0 Å². The molecule has 1 heteroatoms. The van der Waals surface area contributed by atoms with Crippen molar-refractivity contribution in [3.05, 3.63) is 35.9 Å². The highest BCUT2D eigenvalue weighted by Crippen LogP contribution is 2.32. The quantitative estimate of drug-likeness (QED) is 0.675. The molecule has 0 radical (unpaired) electrons. The van der Waals surface area contributed by atoms with Crippen molar-refractivity contribution in [3.8, 4) is 0 Å². The van der Waals surface area contributed by atoms with E-state index >= 15 is 0 Å². The van der Waals surface area contributed by atoms with Gasteiger partial charge in [0.2, 0.25) is 0 Å². The first-order valence-electron chi connectivity index (χ1n) is 6.41. The fourth-order valence-electron chi connectivity index (χ4n) is 2.73. The molecule has 15 heavy (non-hydrogen) atoms. The van der Waals surface area contributed by atoms with Crippen LogP contribution in [0.25, 0.3) is 0 Å². The van der Waals surface area contributed by atoms with Gasteiger partial charge in [0.05, 0.1) is 0 Å². The maximum absolute atomic E-state index is 2.40. The molecule has 0 nitrogen and oxygen atoms in total. The first kappa shape index (κ1) is 10.9. The van der Waals surface area contributed by atoms with Crippen LogP contribution in [-0.2, 0) is 0 Å². The number of rotatable bonds is 4. The van der Waals surface area contributed by atoms with Gasteiger partial charge in [-0.25, -0.2) is 0 Å². The van der Waals surface area contributed by atoms with Gasteiger partial charge in [-0.1, -0.05) is 74.5 Å². The highest BCUT2D eigenvalue weighted by Gasteiger charge is 2.16. The van der Waals surface area contributed by atoms with Gasteiger partial charge in [0.25, 0.3) is 0 Å². The molecule has 1 aromatic carbocycles. The Balaban J connectivity index is 1.79. The summed E-state index contributed by atoms with van der Waals surface area (Å²) in [4.78, 5) is 0. The normalized spacial score (nSPS) is 20.1. The Bertz CT molecular complexity index is 275. The van der Waals surface area contributed by atoms with Crippen LogP contribution in [0.2, 0.25) is 11.6 Å². The average Bonchev–Trinajstić information content (AvgIpc) is 2.80. The molecule has 1 atom stereocenters. The summed E-state index contributed by atoms with van der Waals surface area (Å²) in [5, 5.41) is 0. The molecule has 1 fully saturated rings. The first-order valence-corrected chi connectivity index (χ1v) is 8.23. The third-order valence-corrected chi connectivity index (χ3v) is 6.68. The molecule has 1 saturated carbocycles. The lowest BCUT2D eigenvalue weighted by molar-refractivity contribution is 0.813. The number of hydrogen-bond donors (Lipinski definition) is 0. The third-order valence-electron chi connectivity index (χ3n) is 3.85. The van der Waals surface area contributed by atoms with Gasteiger partial charge in [0.15, 0.2) is 0 Å². The summed E-state index contributed by atoms with van der Waals surface area (Å²) >= 11 is 0. The van der Waals surface area contributed by atoms with Crippen LogP contribution in [0.1, 0.15) is 44.1 Å². The van der Waals surface area contributed by atoms with Gasteiger partial charge in [-0.05, 0) is 11.5 Å². The fourth-order valence-corrected chi connectivity index (χ4v) is 5.19. The van der Waals surface area contributed by atoms with Crippen molar-refractivity contribution in [2.45, 2.75) is 50.1 Å². The summed E-state index contributed by atoms with van der Waals surface area (Å²) in [5.74, 6) is 0.804. The summed E-state index contributed by atoms with van der Waals surface area (Å²) in [5.41, 5.74) is 2.72. The van der Waals surface area contributed by atoms with E-state index in [0.29, 0.717) is 0 Å². The molecule has 0 bridgehead atoms. The third kappa shape index (κ3) is 3.20. The number of benzene rings is 1. The Hall–Kier alpha value is -0.563. The molecule has 1 unspecified atom stereocenters. The van der Waals surface area contributed by atoms with E-state index < -0.39 is 0 Å². The Kier molecular flexibility index (Phi) is 4.01. The average molecular weight is 218 g/mol. The fraction of sp³-hybridized carbons (Fsp3) is 0.571. The molecule has 0 saturated heterocycles. The highest BCUT2D eigenvalue weighted by molar-refractivity contribution is 6.37. The molecule has 2 rings (SSSR count). The van der Waals surface area contributed by atoms with Crippen LogP contribution in [0, 0.1) is 0 Å². The smallest absolute Gasteiger partial charge is 0.0237 e. The lowest BCUT2D eigenvalue weighted by Gasteiger charge is -2.14. The first-order chi connectivity index (χ1) is 7.36. The minimum Gasteiger partial charge on any atom is -0.0622 e. The monoisotopic (exact) mass is 218 g/mol. The van der Waals surface area contributed by atoms with Crippen LogP contribution in [0.4, 0.5) is 0 Å². The molecule has 0 spiro atoms. The van der Waals surface area contributed by atoms with Crippen LogP contribution in [0.3, 0.4) is 0 Å². The topological polar surface area (TPSA) is 0 Å². The zero-order valence-electron chi connectivity index (χ0n) is 9.78. The van der Waals surface area contributed by atoms with Crippen molar-refractivity contribution in [1.29, 1.82) is 0 Å². The van der Waals surface area contributed by atoms with E-state index in [2.05, 4.69) is 37.3 Å². The molecular weight excluding hydrogens is 196 g/mol. The lowest BCUT2D eigenvalue weighted by Crippen LogP contribution is -2.03. The zero-order chi connectivity index (χ0) is 10.5. The Morgan fingerprint density at radius 2 is 1.87 bits per heavy atom. The Morgan fingerprint density at radius 3 is 2.53 bits per heavy atom. The zero-order valence-corrected chi connectivity index (χ0v) is 11.2. The summed E-state index contributed by atoms with van der Waals surface area (Å²) in [6, 6.07) is 12.5. The van der Waals surface area contributed by atoms with Crippen molar-refractivity contribution in [3.63, 3.8) is 0 Å². The van der Waals surface area contributed by atoms with E-state index in [1.54, 1.807) is 18.4 Å². The van der Waals surface area contributed by atoms with Gasteiger partial charge in [-0.15, -0.1) is 0 Å².